The maximum atomic E-state index is 14.0. The molecule has 8 nitrogen and oxygen atoms in total. The zero-order valence-corrected chi connectivity index (χ0v) is 22.7. The highest BCUT2D eigenvalue weighted by atomic mass is 32.2. The first-order valence-electron chi connectivity index (χ1n) is 12.8. The molecular weight excluding hydrogens is 539 g/mol. The van der Waals surface area contributed by atoms with Gasteiger partial charge in [0.05, 0.1) is 23.2 Å². The van der Waals surface area contributed by atoms with Gasteiger partial charge in [0.1, 0.15) is 14.9 Å². The Bertz CT molecular complexity index is 1470. The fraction of sp³-hybridized carbons (Fsp3) is 0.520. The minimum Gasteiger partial charge on any atom is -0.301 e. The van der Waals surface area contributed by atoms with Crippen LogP contribution >= 0.6 is 11.3 Å². The van der Waals surface area contributed by atoms with Gasteiger partial charge in [-0.3, -0.25) is 14.3 Å². The Labute approximate surface area is 223 Å². The predicted molar refractivity (Wildman–Crippen MR) is 140 cm³/mol. The van der Waals surface area contributed by atoms with Crippen molar-refractivity contribution in [3.63, 3.8) is 0 Å². The number of aromatic nitrogens is 2. The standard InChI is InChI=1S/C25H30F3N5O3S2/c1-2-30-12-14-31(15-13-30)17-21-29-23-18(16-22(37-23)38(35,36)32-10-6-3-7-11-32)24(34)33(21)20-9-5-4-8-19(20)25(26,27)28/h4-5,8-9,16H,2-3,6-7,10-15,17H2,1H3. The van der Waals surface area contributed by atoms with Crippen molar-refractivity contribution in [3.8, 4) is 5.69 Å². The smallest absolute Gasteiger partial charge is 0.301 e. The Balaban J connectivity index is 1.65. The molecular formula is C25H30F3N5O3S2. The highest BCUT2D eigenvalue weighted by molar-refractivity contribution is 7.91. The molecule has 0 atom stereocenters. The van der Waals surface area contributed by atoms with Crippen LogP contribution in [0, 0.1) is 0 Å². The summed E-state index contributed by atoms with van der Waals surface area (Å²) in [5, 5.41) is 0.00196. The number of halogens is 3. The van der Waals surface area contributed by atoms with Crippen LogP contribution in [-0.2, 0) is 22.7 Å². The van der Waals surface area contributed by atoms with E-state index in [1.54, 1.807) is 0 Å². The topological polar surface area (TPSA) is 78.8 Å². The molecule has 3 aromatic rings. The molecule has 4 heterocycles. The van der Waals surface area contributed by atoms with Crippen LogP contribution in [0.3, 0.4) is 0 Å². The monoisotopic (exact) mass is 569 g/mol. The Morgan fingerprint density at radius 1 is 0.974 bits per heavy atom. The third-order valence-corrected chi connectivity index (χ3v) is 10.6. The fourth-order valence-electron chi connectivity index (χ4n) is 5.09. The van der Waals surface area contributed by atoms with Crippen LogP contribution in [0.5, 0.6) is 0 Å². The van der Waals surface area contributed by atoms with Crippen LogP contribution in [0.4, 0.5) is 13.2 Å². The molecule has 0 aliphatic carbocycles. The number of hydrogen-bond acceptors (Lipinski definition) is 7. The number of piperidine rings is 1. The van der Waals surface area contributed by atoms with Crippen molar-refractivity contribution < 1.29 is 21.6 Å². The van der Waals surface area contributed by atoms with Crippen molar-refractivity contribution in [3.05, 3.63) is 52.1 Å². The predicted octanol–water partition coefficient (Wildman–Crippen LogP) is 3.78. The summed E-state index contributed by atoms with van der Waals surface area (Å²) in [7, 11) is -3.83. The van der Waals surface area contributed by atoms with Crippen LogP contribution in [-0.4, -0.2) is 77.9 Å². The van der Waals surface area contributed by atoms with Crippen molar-refractivity contribution in [2.45, 2.75) is 43.1 Å². The van der Waals surface area contributed by atoms with E-state index in [0.717, 1.165) is 60.9 Å². The largest absolute Gasteiger partial charge is 0.418 e. The molecule has 2 saturated heterocycles. The number of fused-ring (bicyclic) bond motifs is 1. The number of thiophene rings is 1. The molecule has 206 valence electrons. The average molecular weight is 570 g/mol. The Morgan fingerprint density at radius 2 is 1.63 bits per heavy atom. The minimum absolute atomic E-state index is 0.00196. The maximum Gasteiger partial charge on any atom is 0.418 e. The second-order valence-corrected chi connectivity index (χ2v) is 12.8. The molecule has 0 spiro atoms. The SMILES string of the molecule is CCN1CCN(Cc2nc3sc(S(=O)(=O)N4CCCCC4)cc3c(=O)n2-c2ccccc2C(F)(F)F)CC1. The van der Waals surface area contributed by atoms with Gasteiger partial charge in [-0.15, -0.1) is 11.3 Å². The number of rotatable bonds is 6. The molecule has 0 N–H and O–H groups in total. The molecule has 2 aliphatic heterocycles. The Hall–Kier alpha value is -2.32. The number of para-hydroxylation sites is 1. The van der Waals surface area contributed by atoms with Gasteiger partial charge in [0.2, 0.25) is 0 Å². The van der Waals surface area contributed by atoms with Gasteiger partial charge in [0.15, 0.2) is 0 Å². The Morgan fingerprint density at radius 3 is 2.29 bits per heavy atom. The second-order valence-electron chi connectivity index (χ2n) is 9.64. The van der Waals surface area contributed by atoms with Crippen LogP contribution in [0.15, 0.2) is 39.3 Å². The van der Waals surface area contributed by atoms with E-state index in [1.807, 2.05) is 0 Å². The van der Waals surface area contributed by atoms with Crippen molar-refractivity contribution in [2.75, 3.05) is 45.8 Å². The normalized spacial score (nSPS) is 18.8. The van der Waals surface area contributed by atoms with Crippen molar-refractivity contribution in [1.29, 1.82) is 0 Å². The van der Waals surface area contributed by atoms with E-state index in [4.69, 9.17) is 0 Å². The summed E-state index contributed by atoms with van der Waals surface area (Å²) in [6, 6.07) is 6.20. The van der Waals surface area contributed by atoms with E-state index in [9.17, 15) is 26.4 Å². The lowest BCUT2D eigenvalue weighted by molar-refractivity contribution is -0.137. The molecule has 0 bridgehead atoms. The van der Waals surface area contributed by atoms with Gasteiger partial charge in [0.25, 0.3) is 15.6 Å². The summed E-state index contributed by atoms with van der Waals surface area (Å²) >= 11 is 0.903. The lowest BCUT2D eigenvalue weighted by Gasteiger charge is -2.34. The molecule has 2 fully saturated rings. The average Bonchev–Trinajstić information content (AvgIpc) is 3.35. The first kappa shape index (κ1) is 27.3. The molecule has 0 unspecified atom stereocenters. The third kappa shape index (κ3) is 5.26. The fourth-order valence-corrected chi connectivity index (χ4v) is 8.10. The van der Waals surface area contributed by atoms with Crippen LogP contribution in [0.2, 0.25) is 0 Å². The first-order valence-corrected chi connectivity index (χ1v) is 15.0. The van der Waals surface area contributed by atoms with Gasteiger partial charge >= 0.3 is 6.18 Å². The summed E-state index contributed by atoms with van der Waals surface area (Å²) in [5.74, 6) is 0.160. The highest BCUT2D eigenvalue weighted by Gasteiger charge is 2.35. The highest BCUT2D eigenvalue weighted by Crippen LogP contribution is 2.35. The summed E-state index contributed by atoms with van der Waals surface area (Å²) in [6.45, 7) is 6.93. The first-order chi connectivity index (χ1) is 18.1. The van der Waals surface area contributed by atoms with E-state index >= 15 is 0 Å². The van der Waals surface area contributed by atoms with Gasteiger partial charge in [-0.25, -0.2) is 13.4 Å². The molecule has 1 aromatic carbocycles. The van der Waals surface area contributed by atoms with E-state index in [0.29, 0.717) is 26.2 Å². The Kier molecular flexibility index (Phi) is 7.66. The van der Waals surface area contributed by atoms with E-state index in [2.05, 4.69) is 21.7 Å². The van der Waals surface area contributed by atoms with Crippen LogP contribution in [0.1, 0.15) is 37.6 Å². The number of alkyl halides is 3. The van der Waals surface area contributed by atoms with E-state index in [1.165, 1.54) is 28.6 Å². The molecule has 0 radical (unpaired) electrons. The molecule has 0 saturated carbocycles. The number of nitrogens with zero attached hydrogens (tertiary/aromatic N) is 5. The van der Waals surface area contributed by atoms with Gasteiger partial charge in [-0.2, -0.15) is 17.5 Å². The zero-order chi connectivity index (χ0) is 27.1. The summed E-state index contributed by atoms with van der Waals surface area (Å²) in [4.78, 5) is 23.0. The third-order valence-electron chi connectivity index (χ3n) is 7.25. The molecule has 2 aromatic heterocycles. The number of benzene rings is 1. The van der Waals surface area contributed by atoms with Crippen molar-refractivity contribution >= 4 is 31.6 Å². The van der Waals surface area contributed by atoms with Gasteiger partial charge < -0.3 is 4.90 Å². The maximum absolute atomic E-state index is 14.0. The summed E-state index contributed by atoms with van der Waals surface area (Å²) in [5.41, 5.74) is -1.96. The van der Waals surface area contributed by atoms with Gasteiger partial charge in [-0.1, -0.05) is 25.5 Å². The lowest BCUT2D eigenvalue weighted by Crippen LogP contribution is -2.46. The number of sulfonamides is 1. The summed E-state index contributed by atoms with van der Waals surface area (Å²) in [6.07, 6.45) is -2.21. The molecule has 13 heteroatoms. The second kappa shape index (κ2) is 10.7. The molecule has 5 rings (SSSR count). The zero-order valence-electron chi connectivity index (χ0n) is 21.1. The summed E-state index contributed by atoms with van der Waals surface area (Å²) < 4.78 is 71.0. The van der Waals surface area contributed by atoms with Gasteiger partial charge in [-0.05, 0) is 37.6 Å². The van der Waals surface area contributed by atoms with Gasteiger partial charge in [0, 0.05) is 39.3 Å². The van der Waals surface area contributed by atoms with E-state index in [-0.39, 0.29) is 32.5 Å². The van der Waals surface area contributed by atoms with Crippen LogP contribution < -0.4 is 5.56 Å². The number of piperazine rings is 1. The lowest BCUT2D eigenvalue weighted by atomic mass is 10.1. The van der Waals surface area contributed by atoms with Crippen molar-refractivity contribution in [2.24, 2.45) is 0 Å². The van der Waals surface area contributed by atoms with E-state index < -0.39 is 27.3 Å². The molecule has 38 heavy (non-hydrogen) atoms. The number of likely N-dealkylation sites (N-methyl/N-ethyl adjacent to an activating group) is 1. The quantitative estimate of drug-likeness (QED) is 0.450. The van der Waals surface area contributed by atoms with Crippen molar-refractivity contribution in [1.82, 2.24) is 23.7 Å². The minimum atomic E-state index is -4.69. The molecule has 2 aliphatic rings. The molecule has 0 amide bonds. The number of hydrogen-bond donors (Lipinski definition) is 0. The van der Waals surface area contributed by atoms with Crippen LogP contribution in [0.25, 0.3) is 15.9 Å².